The number of hydrogen-bond acceptors (Lipinski definition) is 7. The first-order valence-electron chi connectivity index (χ1n) is 12.4. The van der Waals surface area contributed by atoms with Gasteiger partial charge >= 0.3 is 5.69 Å². The minimum absolute atomic E-state index is 0.213. The van der Waals surface area contributed by atoms with Crippen molar-refractivity contribution >= 4 is 9.84 Å². The van der Waals surface area contributed by atoms with E-state index in [1.807, 2.05) is 91.0 Å². The van der Waals surface area contributed by atoms with Gasteiger partial charge in [0.25, 0.3) is 10.6 Å². The molecule has 39 heavy (non-hydrogen) atoms. The van der Waals surface area contributed by atoms with Gasteiger partial charge in [0.15, 0.2) is 9.84 Å². The smallest absolute Gasteiger partial charge is 0.331 e. The van der Waals surface area contributed by atoms with Gasteiger partial charge in [0.1, 0.15) is 11.7 Å². The number of aromatic nitrogens is 2. The molecule has 1 aromatic heterocycles. The van der Waals surface area contributed by atoms with E-state index in [1.54, 1.807) is 0 Å². The van der Waals surface area contributed by atoms with Gasteiger partial charge in [-0.1, -0.05) is 91.0 Å². The van der Waals surface area contributed by atoms with E-state index < -0.39 is 50.4 Å². The number of hydrogen-bond donors (Lipinski definition) is 2. The summed E-state index contributed by atoms with van der Waals surface area (Å²) in [6.07, 6.45) is -0.864. The van der Waals surface area contributed by atoms with E-state index in [1.165, 1.54) is 0 Å². The van der Waals surface area contributed by atoms with Crippen LogP contribution in [0.3, 0.4) is 0 Å². The molecule has 3 atom stereocenters. The van der Waals surface area contributed by atoms with Crippen LogP contribution in [-0.2, 0) is 30.0 Å². The lowest BCUT2D eigenvalue weighted by Crippen LogP contribution is -2.49. The van der Waals surface area contributed by atoms with Crippen LogP contribution in [-0.4, -0.2) is 48.1 Å². The van der Waals surface area contributed by atoms with Crippen LogP contribution in [0.4, 0.5) is 0 Å². The SMILES string of the molecule is CS(=O)(=O)[C@]1(n2ccc(=O)[nH]c2=O)C[C@H](O)[C@@H](COC(c2ccccc2)(c2ccccc2)c2ccccc2)O1. The standard InChI is InChI=1S/C29H28N2O7S/c1-39(35,36)28(31-18-17-26(33)30-27(31)34)19-24(32)25(38-28)20-37-29(21-11-5-2-6-12-21,22-13-7-3-8-14-22)23-15-9-4-10-16-23/h2-18,24-25,32H,19-20H2,1H3,(H,30,33,34)/t24-,25+,28-/m0/s1. The molecule has 0 radical (unpaired) electrons. The van der Waals surface area contributed by atoms with Crippen molar-refractivity contribution in [2.45, 2.75) is 29.3 Å². The van der Waals surface area contributed by atoms with Crippen molar-refractivity contribution in [3.05, 3.63) is 141 Å². The second-order valence-corrected chi connectivity index (χ2v) is 11.7. The maximum Gasteiger partial charge on any atom is 0.331 e. The van der Waals surface area contributed by atoms with Gasteiger partial charge in [-0.05, 0) is 16.7 Å². The van der Waals surface area contributed by atoms with Crippen LogP contribution in [0.15, 0.2) is 113 Å². The minimum atomic E-state index is -4.13. The van der Waals surface area contributed by atoms with Gasteiger partial charge in [-0.15, -0.1) is 0 Å². The van der Waals surface area contributed by atoms with E-state index >= 15 is 0 Å². The van der Waals surface area contributed by atoms with Gasteiger partial charge in [0.05, 0.1) is 12.7 Å². The maximum absolute atomic E-state index is 13.0. The summed E-state index contributed by atoms with van der Waals surface area (Å²) in [5, 5.41) is 8.82. The summed E-state index contributed by atoms with van der Waals surface area (Å²) in [7, 11) is -4.13. The Balaban J connectivity index is 1.59. The third-order valence-corrected chi connectivity index (χ3v) is 8.63. The summed E-state index contributed by atoms with van der Waals surface area (Å²) in [6, 6.07) is 29.7. The van der Waals surface area contributed by atoms with Gasteiger partial charge in [0.2, 0.25) is 0 Å². The molecule has 2 heterocycles. The molecular formula is C29H28N2O7S. The monoisotopic (exact) mass is 548 g/mol. The zero-order chi connectivity index (χ0) is 27.7. The summed E-state index contributed by atoms with van der Waals surface area (Å²) in [5.74, 6) is 0. The molecular weight excluding hydrogens is 520 g/mol. The van der Waals surface area contributed by atoms with Crippen LogP contribution in [0.5, 0.6) is 0 Å². The number of rotatable bonds is 8. The number of benzene rings is 3. The van der Waals surface area contributed by atoms with Crippen LogP contribution in [0.25, 0.3) is 0 Å². The highest BCUT2D eigenvalue weighted by atomic mass is 32.2. The molecule has 0 bridgehead atoms. The lowest BCUT2D eigenvalue weighted by atomic mass is 9.80. The van der Waals surface area contributed by atoms with E-state index in [0.717, 1.165) is 39.8 Å². The van der Waals surface area contributed by atoms with Crippen LogP contribution in [0.1, 0.15) is 23.1 Å². The summed E-state index contributed by atoms with van der Waals surface area (Å²) in [5.41, 5.74) is -0.313. The lowest BCUT2D eigenvalue weighted by Gasteiger charge is -2.37. The molecule has 10 heteroatoms. The fourth-order valence-electron chi connectivity index (χ4n) is 5.14. The predicted octanol–water partition coefficient (Wildman–Crippen LogP) is 2.35. The second-order valence-electron chi connectivity index (χ2n) is 9.48. The predicted molar refractivity (Wildman–Crippen MR) is 145 cm³/mol. The number of H-pyrrole nitrogens is 1. The minimum Gasteiger partial charge on any atom is -0.390 e. The zero-order valence-electron chi connectivity index (χ0n) is 21.1. The molecule has 1 fully saturated rings. The number of aromatic amines is 1. The van der Waals surface area contributed by atoms with Crippen LogP contribution < -0.4 is 11.2 Å². The Kier molecular flexibility index (Phi) is 7.13. The van der Waals surface area contributed by atoms with E-state index in [0.29, 0.717) is 0 Å². The van der Waals surface area contributed by atoms with E-state index in [2.05, 4.69) is 4.98 Å². The van der Waals surface area contributed by atoms with Crippen molar-refractivity contribution in [2.24, 2.45) is 0 Å². The molecule has 0 saturated carbocycles. The van der Waals surface area contributed by atoms with Gasteiger partial charge in [0, 0.05) is 24.9 Å². The van der Waals surface area contributed by atoms with Crippen molar-refractivity contribution in [2.75, 3.05) is 12.9 Å². The average molecular weight is 549 g/mol. The third-order valence-electron chi connectivity index (χ3n) is 7.01. The van der Waals surface area contributed by atoms with Crippen molar-refractivity contribution in [3.8, 4) is 0 Å². The van der Waals surface area contributed by atoms with E-state index in [4.69, 9.17) is 9.47 Å². The molecule has 5 rings (SSSR count). The molecule has 202 valence electrons. The molecule has 2 N–H and O–H groups in total. The number of sulfone groups is 1. The maximum atomic E-state index is 13.0. The van der Waals surface area contributed by atoms with Crippen molar-refractivity contribution in [1.29, 1.82) is 0 Å². The average Bonchev–Trinajstić information content (AvgIpc) is 3.28. The fraction of sp³-hybridized carbons (Fsp3) is 0.241. The topological polar surface area (TPSA) is 128 Å². The highest BCUT2D eigenvalue weighted by Crippen LogP contribution is 2.43. The van der Waals surface area contributed by atoms with Crippen molar-refractivity contribution < 1.29 is 23.0 Å². The molecule has 0 aliphatic carbocycles. The van der Waals surface area contributed by atoms with Crippen LogP contribution in [0, 0.1) is 0 Å². The Morgan fingerprint density at radius 1 is 0.923 bits per heavy atom. The van der Waals surface area contributed by atoms with E-state index in [9.17, 15) is 23.1 Å². The Morgan fingerprint density at radius 3 is 1.85 bits per heavy atom. The number of aliphatic hydroxyl groups is 1. The molecule has 0 unspecified atom stereocenters. The second kappa shape index (κ2) is 10.4. The largest absolute Gasteiger partial charge is 0.390 e. The molecule has 0 amide bonds. The number of ether oxygens (including phenoxy) is 2. The van der Waals surface area contributed by atoms with Gasteiger partial charge < -0.3 is 14.6 Å². The van der Waals surface area contributed by atoms with Crippen molar-refractivity contribution in [1.82, 2.24) is 9.55 Å². The summed E-state index contributed by atoms with van der Waals surface area (Å²) < 4.78 is 39.6. The molecule has 1 aliphatic rings. The zero-order valence-corrected chi connectivity index (χ0v) is 22.0. The first-order valence-corrected chi connectivity index (χ1v) is 14.2. The first kappa shape index (κ1) is 26.8. The number of nitrogens with zero attached hydrogens (tertiary/aromatic N) is 1. The molecule has 9 nitrogen and oxygen atoms in total. The Labute approximate surface area is 225 Å². The Hall–Kier alpha value is -3.83. The molecule has 1 saturated heterocycles. The summed E-state index contributed by atoms with van der Waals surface area (Å²) in [4.78, 5) is 26.3. The van der Waals surface area contributed by atoms with Crippen LogP contribution in [0.2, 0.25) is 0 Å². The Bertz CT molecular complexity index is 1560. The number of nitrogens with one attached hydrogen (secondary N) is 1. The Morgan fingerprint density at radius 2 is 1.41 bits per heavy atom. The fourth-order valence-corrected chi connectivity index (χ4v) is 6.41. The molecule has 1 aliphatic heterocycles. The van der Waals surface area contributed by atoms with Crippen LogP contribution >= 0.6 is 0 Å². The summed E-state index contributed by atoms with van der Waals surface area (Å²) in [6.45, 7) is -0.213. The number of aliphatic hydroxyl groups excluding tert-OH is 1. The third kappa shape index (κ3) is 4.76. The van der Waals surface area contributed by atoms with E-state index in [-0.39, 0.29) is 6.61 Å². The van der Waals surface area contributed by atoms with Crippen molar-refractivity contribution in [3.63, 3.8) is 0 Å². The molecule has 3 aromatic carbocycles. The highest BCUT2D eigenvalue weighted by Gasteiger charge is 2.56. The van der Waals surface area contributed by atoms with Gasteiger partial charge in [-0.3, -0.25) is 14.3 Å². The highest BCUT2D eigenvalue weighted by molar-refractivity contribution is 7.91. The summed E-state index contributed by atoms with van der Waals surface area (Å²) >= 11 is 0. The molecule has 4 aromatic rings. The quantitative estimate of drug-likeness (QED) is 0.324. The normalized spacial score (nSPS) is 21.6. The molecule has 0 spiro atoms. The van der Waals surface area contributed by atoms with Gasteiger partial charge in [-0.25, -0.2) is 13.2 Å². The van der Waals surface area contributed by atoms with Gasteiger partial charge in [-0.2, -0.15) is 0 Å². The lowest BCUT2D eigenvalue weighted by molar-refractivity contribution is -0.108. The first-order chi connectivity index (χ1) is 18.7.